The first-order valence-corrected chi connectivity index (χ1v) is 10.2. The Morgan fingerprint density at radius 3 is 2.79 bits per heavy atom. The van der Waals surface area contributed by atoms with Crippen LogP contribution in [0.25, 0.3) is 0 Å². The highest BCUT2D eigenvalue weighted by atomic mass is 16.6. The number of nitrogens with zero attached hydrogens (tertiary/aromatic N) is 1. The summed E-state index contributed by atoms with van der Waals surface area (Å²) in [5.74, 6) is 0.643. The first kappa shape index (κ1) is 18.2. The molecule has 150 valence electrons. The number of ether oxygens (including phenoxy) is 2. The van der Waals surface area contributed by atoms with E-state index in [1.165, 1.54) is 5.56 Å². The van der Waals surface area contributed by atoms with Crippen LogP contribution < -0.4 is 4.74 Å². The molecule has 6 atom stereocenters. The van der Waals surface area contributed by atoms with Crippen molar-refractivity contribution in [1.29, 1.82) is 0 Å². The van der Waals surface area contributed by atoms with Crippen molar-refractivity contribution in [2.24, 2.45) is 11.3 Å². The summed E-state index contributed by atoms with van der Waals surface area (Å²) < 4.78 is 12.6. The maximum absolute atomic E-state index is 12.8. The Kier molecular flexibility index (Phi) is 3.50. The van der Waals surface area contributed by atoms with Crippen LogP contribution in [0.2, 0.25) is 0 Å². The zero-order valence-electron chi connectivity index (χ0n) is 17.3. The minimum atomic E-state index is -0.808. The number of aromatic hydroxyl groups is 1. The van der Waals surface area contributed by atoms with Gasteiger partial charge in [0.15, 0.2) is 11.5 Å². The van der Waals surface area contributed by atoms with Crippen molar-refractivity contribution >= 4 is 5.78 Å². The van der Waals surface area contributed by atoms with Crippen molar-refractivity contribution < 1.29 is 19.4 Å². The predicted molar refractivity (Wildman–Crippen MR) is 106 cm³/mol. The van der Waals surface area contributed by atoms with Gasteiger partial charge in [0.2, 0.25) is 0 Å². The van der Waals surface area contributed by atoms with Crippen molar-refractivity contribution in [3.63, 3.8) is 0 Å². The van der Waals surface area contributed by atoms with Gasteiger partial charge in [-0.25, -0.2) is 0 Å². The molecule has 1 saturated carbocycles. The van der Waals surface area contributed by atoms with Crippen LogP contribution in [0.5, 0.6) is 11.5 Å². The Bertz CT molecular complexity index is 910. The highest BCUT2D eigenvalue weighted by molar-refractivity contribution is 5.82. The molecule has 5 aliphatic rings. The molecule has 1 N–H and O–H groups in total. The van der Waals surface area contributed by atoms with Gasteiger partial charge in [0.25, 0.3) is 0 Å². The largest absolute Gasteiger partial charge is 0.504 e. The van der Waals surface area contributed by atoms with Crippen LogP contribution >= 0.6 is 0 Å². The topological polar surface area (TPSA) is 59.0 Å². The number of methoxy groups -OCH3 is 1. The van der Waals surface area contributed by atoms with Crippen molar-refractivity contribution in [1.82, 2.24) is 4.90 Å². The number of likely N-dealkylation sites (N-methyl/N-ethyl adjacent to an activating group) is 1. The van der Waals surface area contributed by atoms with Crippen molar-refractivity contribution in [2.75, 3.05) is 20.7 Å². The van der Waals surface area contributed by atoms with Crippen LogP contribution in [0.3, 0.4) is 0 Å². The zero-order chi connectivity index (χ0) is 20.1. The SMILES string of the molecule is CCN(C)[C@@H]1Cc2ccc(O)c3c2[C@@]2(C)[C@@H](O3)[C@@]3(OC)C=C[C@@]12C[C@H]3C(C)=O. The third kappa shape index (κ3) is 1.70. The summed E-state index contributed by atoms with van der Waals surface area (Å²) in [5.41, 5.74) is 0.939. The Balaban J connectivity index is 1.85. The second-order valence-electron chi connectivity index (χ2n) is 9.24. The summed E-state index contributed by atoms with van der Waals surface area (Å²) >= 11 is 0. The predicted octanol–water partition coefficient (Wildman–Crippen LogP) is 2.84. The number of hydrogen-bond donors (Lipinski definition) is 1. The Morgan fingerprint density at radius 2 is 2.14 bits per heavy atom. The fourth-order valence-electron chi connectivity index (χ4n) is 7.01. The van der Waals surface area contributed by atoms with Gasteiger partial charge >= 0.3 is 0 Å². The molecular formula is C23H29NO4. The number of rotatable bonds is 4. The third-order valence-corrected chi connectivity index (χ3v) is 8.49. The normalized spacial score (nSPS) is 41.9. The summed E-state index contributed by atoms with van der Waals surface area (Å²) in [4.78, 5) is 15.2. The number of phenolic OH excluding ortho intramolecular Hbond substituents is 1. The quantitative estimate of drug-likeness (QED) is 0.811. The average Bonchev–Trinajstić information content (AvgIpc) is 3.03. The summed E-state index contributed by atoms with van der Waals surface area (Å²) in [6.45, 7) is 7.04. The molecule has 2 bridgehead atoms. The second-order valence-corrected chi connectivity index (χ2v) is 9.24. The molecule has 28 heavy (non-hydrogen) atoms. The van der Waals surface area contributed by atoms with Crippen LogP contribution in [0.15, 0.2) is 24.3 Å². The lowest BCUT2D eigenvalue weighted by molar-refractivity contribution is -0.195. The van der Waals surface area contributed by atoms with E-state index in [4.69, 9.17) is 9.47 Å². The van der Waals surface area contributed by atoms with E-state index in [-0.39, 0.29) is 40.4 Å². The van der Waals surface area contributed by atoms with Gasteiger partial charge in [-0.05, 0) is 45.0 Å². The van der Waals surface area contributed by atoms with E-state index in [0.717, 1.165) is 24.9 Å². The number of hydrogen-bond acceptors (Lipinski definition) is 5. The fourth-order valence-corrected chi connectivity index (χ4v) is 7.01. The molecule has 5 heteroatoms. The number of carbonyl (C=O) groups is 1. The molecule has 1 spiro atoms. The van der Waals surface area contributed by atoms with Gasteiger partial charge in [0, 0.05) is 29.5 Å². The monoisotopic (exact) mass is 383 g/mol. The van der Waals surface area contributed by atoms with Crippen molar-refractivity contribution in [2.45, 2.75) is 56.8 Å². The van der Waals surface area contributed by atoms with Gasteiger partial charge in [-0.2, -0.15) is 0 Å². The van der Waals surface area contributed by atoms with E-state index in [1.54, 1.807) is 20.1 Å². The number of phenols is 1. The molecule has 0 unspecified atom stereocenters. The molecule has 0 radical (unpaired) electrons. The summed E-state index contributed by atoms with van der Waals surface area (Å²) in [6.07, 6.45) is 5.70. The smallest absolute Gasteiger partial charge is 0.165 e. The van der Waals surface area contributed by atoms with E-state index >= 15 is 0 Å². The maximum Gasteiger partial charge on any atom is 0.165 e. The minimum Gasteiger partial charge on any atom is -0.504 e. The van der Waals surface area contributed by atoms with Gasteiger partial charge in [-0.3, -0.25) is 4.79 Å². The summed E-state index contributed by atoms with van der Waals surface area (Å²) in [5, 5.41) is 10.6. The fraction of sp³-hybridized carbons (Fsp3) is 0.609. The van der Waals surface area contributed by atoms with Crippen LogP contribution in [-0.2, 0) is 21.4 Å². The highest BCUT2D eigenvalue weighted by Crippen LogP contribution is 2.72. The number of fused-ring (bicyclic) bond motifs is 1. The van der Waals surface area contributed by atoms with Crippen LogP contribution in [-0.4, -0.2) is 54.2 Å². The van der Waals surface area contributed by atoms with Gasteiger partial charge in [0.1, 0.15) is 17.5 Å². The summed E-state index contributed by atoms with van der Waals surface area (Å²) in [7, 11) is 3.84. The number of carbonyl (C=O) groups excluding carboxylic acids is 1. The average molecular weight is 383 g/mol. The standard InChI is InChI=1S/C23H29NO4/c1-6-24(4)17-11-14-7-8-16(26)19-18(14)21(3)20(28-19)23(27-5)10-9-22(17,21)12-15(23)13(2)25/h7-10,15,17,20,26H,6,11-12H2,1-5H3/t15-,17+,20+,21-,22+,23+/m0/s1. The molecule has 1 heterocycles. The Hall–Kier alpha value is -1.85. The Labute approximate surface area is 166 Å². The molecular weight excluding hydrogens is 354 g/mol. The number of benzene rings is 1. The second kappa shape index (κ2) is 5.39. The van der Waals surface area contributed by atoms with E-state index < -0.39 is 5.60 Å². The van der Waals surface area contributed by atoms with E-state index in [2.05, 4.69) is 37.9 Å². The summed E-state index contributed by atoms with van der Waals surface area (Å²) in [6, 6.07) is 4.04. The Morgan fingerprint density at radius 1 is 1.39 bits per heavy atom. The van der Waals surface area contributed by atoms with Gasteiger partial charge < -0.3 is 19.5 Å². The number of ketones is 1. The van der Waals surface area contributed by atoms with E-state index in [9.17, 15) is 9.90 Å². The number of Topliss-reactive ketones (excluding diaryl/α,β-unsaturated/α-hetero) is 1. The lowest BCUT2D eigenvalue weighted by atomic mass is 9.39. The minimum absolute atomic E-state index is 0.139. The van der Waals surface area contributed by atoms with Gasteiger partial charge in [0.05, 0.1) is 5.92 Å². The van der Waals surface area contributed by atoms with Crippen LogP contribution in [0.1, 0.15) is 38.3 Å². The van der Waals surface area contributed by atoms with E-state index in [0.29, 0.717) is 5.75 Å². The molecule has 5 nitrogen and oxygen atoms in total. The van der Waals surface area contributed by atoms with Crippen molar-refractivity contribution in [3.8, 4) is 11.5 Å². The molecule has 0 amide bonds. The molecule has 1 aromatic rings. The zero-order valence-corrected chi connectivity index (χ0v) is 17.3. The lowest BCUT2D eigenvalue weighted by Gasteiger charge is -2.67. The molecule has 6 rings (SSSR count). The van der Waals surface area contributed by atoms with Crippen LogP contribution in [0.4, 0.5) is 0 Å². The van der Waals surface area contributed by atoms with E-state index in [1.807, 2.05) is 6.07 Å². The maximum atomic E-state index is 12.8. The molecule has 1 fully saturated rings. The van der Waals surface area contributed by atoms with Gasteiger partial charge in [-0.1, -0.05) is 32.1 Å². The molecule has 0 saturated heterocycles. The highest BCUT2D eigenvalue weighted by Gasteiger charge is 2.76. The molecule has 4 aliphatic carbocycles. The molecule has 1 aliphatic heterocycles. The molecule has 0 aromatic heterocycles. The first-order chi connectivity index (χ1) is 13.3. The van der Waals surface area contributed by atoms with Gasteiger partial charge in [-0.15, -0.1) is 0 Å². The molecule has 1 aromatic carbocycles. The van der Waals surface area contributed by atoms with Crippen molar-refractivity contribution in [3.05, 3.63) is 35.4 Å². The third-order valence-electron chi connectivity index (χ3n) is 8.49. The van der Waals surface area contributed by atoms with Crippen LogP contribution in [0, 0.1) is 11.3 Å². The lowest BCUT2D eigenvalue weighted by Crippen LogP contribution is -2.76. The first-order valence-electron chi connectivity index (χ1n) is 10.2.